The van der Waals surface area contributed by atoms with Gasteiger partial charge in [0, 0.05) is 39.8 Å². The first kappa shape index (κ1) is 23.8. The van der Waals surface area contributed by atoms with Gasteiger partial charge in [0.15, 0.2) is 5.96 Å². The maximum atomic E-state index is 12.4. The van der Waals surface area contributed by atoms with Crippen LogP contribution in [0.2, 0.25) is 0 Å². The molecule has 7 heteroatoms. The van der Waals surface area contributed by atoms with E-state index in [0.717, 1.165) is 51.4 Å². The molecule has 0 aromatic heterocycles. The summed E-state index contributed by atoms with van der Waals surface area (Å²) in [5, 5.41) is 3.54. The van der Waals surface area contributed by atoms with Gasteiger partial charge in [0.25, 0.3) is 0 Å². The molecule has 2 heterocycles. The van der Waals surface area contributed by atoms with E-state index in [2.05, 4.69) is 20.1 Å². The number of likely N-dealkylation sites (tertiary alicyclic amines) is 2. The summed E-state index contributed by atoms with van der Waals surface area (Å²) in [5.74, 6) is 1.54. The molecular formula is C22H43N5O2. The third-order valence-corrected chi connectivity index (χ3v) is 5.77. The van der Waals surface area contributed by atoms with Crippen LogP contribution in [-0.4, -0.2) is 91.8 Å². The summed E-state index contributed by atoms with van der Waals surface area (Å²) in [7, 11) is 1.87. The topological polar surface area (TPSA) is 60.4 Å². The highest BCUT2D eigenvalue weighted by Crippen LogP contribution is 2.20. The first-order chi connectivity index (χ1) is 13.8. The molecule has 168 valence electrons. The van der Waals surface area contributed by atoms with Crippen molar-refractivity contribution in [3.8, 4) is 0 Å². The lowest BCUT2D eigenvalue weighted by atomic mass is 9.96. The average Bonchev–Trinajstić information content (AvgIpc) is 3.19. The lowest BCUT2D eigenvalue weighted by molar-refractivity contribution is 0.0214. The first-order valence-corrected chi connectivity index (χ1v) is 11.5. The number of nitrogens with one attached hydrogen (secondary N) is 1. The van der Waals surface area contributed by atoms with Crippen molar-refractivity contribution in [2.75, 3.05) is 59.4 Å². The zero-order chi connectivity index (χ0) is 21.3. The number of guanidine groups is 1. The van der Waals surface area contributed by atoms with Gasteiger partial charge in [0.1, 0.15) is 5.60 Å². The van der Waals surface area contributed by atoms with Crippen molar-refractivity contribution in [1.82, 2.24) is 20.0 Å². The molecule has 0 aliphatic carbocycles. The lowest BCUT2D eigenvalue weighted by Crippen LogP contribution is -2.48. The fraction of sp³-hybridized carbons (Fsp3) is 0.909. The fourth-order valence-corrected chi connectivity index (χ4v) is 4.14. The Labute approximate surface area is 177 Å². The molecule has 2 aliphatic heterocycles. The Morgan fingerprint density at radius 2 is 1.83 bits per heavy atom. The molecule has 1 N–H and O–H groups in total. The van der Waals surface area contributed by atoms with E-state index in [-0.39, 0.29) is 6.09 Å². The summed E-state index contributed by atoms with van der Waals surface area (Å²) < 4.78 is 5.54. The second-order valence-electron chi connectivity index (χ2n) is 9.33. The van der Waals surface area contributed by atoms with Crippen molar-refractivity contribution in [2.24, 2.45) is 10.9 Å². The molecule has 29 heavy (non-hydrogen) atoms. The SMILES string of the molecule is CCN(CC1CCN(C(=NC)NCCCN2CCCC2)CC1)C(=O)OC(C)(C)C. The molecule has 0 saturated carbocycles. The van der Waals surface area contributed by atoms with Crippen LogP contribution in [-0.2, 0) is 4.74 Å². The van der Waals surface area contributed by atoms with E-state index in [0.29, 0.717) is 12.5 Å². The fourth-order valence-electron chi connectivity index (χ4n) is 4.14. The summed E-state index contributed by atoms with van der Waals surface area (Å²) in [4.78, 5) is 23.6. The third kappa shape index (κ3) is 8.41. The Balaban J connectivity index is 1.69. The van der Waals surface area contributed by atoms with Gasteiger partial charge in [-0.15, -0.1) is 0 Å². The van der Waals surface area contributed by atoms with Crippen LogP contribution in [0, 0.1) is 5.92 Å². The number of hydrogen-bond donors (Lipinski definition) is 1. The van der Waals surface area contributed by atoms with Crippen molar-refractivity contribution >= 4 is 12.1 Å². The predicted octanol–water partition coefficient (Wildman–Crippen LogP) is 3.02. The van der Waals surface area contributed by atoms with Crippen molar-refractivity contribution in [3.05, 3.63) is 0 Å². The number of ether oxygens (including phenoxy) is 1. The smallest absolute Gasteiger partial charge is 0.410 e. The molecule has 7 nitrogen and oxygen atoms in total. The maximum Gasteiger partial charge on any atom is 0.410 e. The third-order valence-electron chi connectivity index (χ3n) is 5.77. The Morgan fingerprint density at radius 3 is 2.38 bits per heavy atom. The molecule has 0 spiro atoms. The van der Waals surface area contributed by atoms with Crippen LogP contribution in [0.15, 0.2) is 4.99 Å². The van der Waals surface area contributed by atoms with Crippen molar-refractivity contribution in [2.45, 2.75) is 65.4 Å². The number of aliphatic imine (C=N–C) groups is 1. The van der Waals surface area contributed by atoms with Crippen LogP contribution in [0.25, 0.3) is 0 Å². The van der Waals surface area contributed by atoms with Gasteiger partial charge in [-0.1, -0.05) is 0 Å². The molecule has 0 bridgehead atoms. The van der Waals surface area contributed by atoms with E-state index in [9.17, 15) is 4.79 Å². The van der Waals surface area contributed by atoms with Gasteiger partial charge in [-0.2, -0.15) is 0 Å². The molecule has 0 unspecified atom stereocenters. The molecule has 2 rings (SSSR count). The normalized spacial score (nSPS) is 19.5. The molecule has 2 fully saturated rings. The molecule has 0 atom stereocenters. The maximum absolute atomic E-state index is 12.4. The predicted molar refractivity (Wildman–Crippen MR) is 119 cm³/mol. The molecule has 0 aromatic carbocycles. The van der Waals surface area contributed by atoms with Gasteiger partial charge in [-0.3, -0.25) is 4.99 Å². The Kier molecular flexibility index (Phi) is 9.53. The summed E-state index contributed by atoms with van der Waals surface area (Å²) in [6, 6.07) is 0. The summed E-state index contributed by atoms with van der Waals surface area (Å²) in [5.41, 5.74) is -0.444. The Hall–Kier alpha value is -1.50. The van der Waals surface area contributed by atoms with Gasteiger partial charge >= 0.3 is 6.09 Å². The van der Waals surface area contributed by atoms with E-state index in [4.69, 9.17) is 4.74 Å². The first-order valence-electron chi connectivity index (χ1n) is 11.5. The number of carbonyl (C=O) groups is 1. The largest absolute Gasteiger partial charge is 0.444 e. The summed E-state index contributed by atoms with van der Waals surface area (Å²) in [6.07, 6.45) is 5.83. The molecule has 1 amide bonds. The van der Waals surface area contributed by atoms with E-state index in [1.54, 1.807) is 0 Å². The minimum absolute atomic E-state index is 0.196. The second kappa shape index (κ2) is 11.6. The Morgan fingerprint density at radius 1 is 1.17 bits per heavy atom. The van der Waals surface area contributed by atoms with Gasteiger partial charge in [-0.05, 0) is 85.4 Å². The minimum atomic E-state index is -0.444. The van der Waals surface area contributed by atoms with Crippen LogP contribution in [0.1, 0.15) is 59.8 Å². The van der Waals surface area contributed by atoms with Crippen LogP contribution in [0.3, 0.4) is 0 Å². The molecule has 0 aromatic rings. The minimum Gasteiger partial charge on any atom is -0.444 e. The van der Waals surface area contributed by atoms with Gasteiger partial charge in [0.2, 0.25) is 0 Å². The van der Waals surface area contributed by atoms with Crippen molar-refractivity contribution in [3.63, 3.8) is 0 Å². The quantitative estimate of drug-likeness (QED) is 0.398. The molecule has 2 saturated heterocycles. The van der Waals surface area contributed by atoms with Gasteiger partial charge < -0.3 is 24.8 Å². The van der Waals surface area contributed by atoms with Crippen molar-refractivity contribution in [1.29, 1.82) is 0 Å². The zero-order valence-corrected chi connectivity index (χ0v) is 19.4. The molecular weight excluding hydrogens is 366 g/mol. The van der Waals surface area contributed by atoms with Gasteiger partial charge in [-0.25, -0.2) is 4.79 Å². The number of amides is 1. The number of nitrogens with zero attached hydrogens (tertiary/aromatic N) is 4. The number of hydrogen-bond acceptors (Lipinski definition) is 4. The average molecular weight is 410 g/mol. The number of carbonyl (C=O) groups excluding carboxylic acids is 1. The lowest BCUT2D eigenvalue weighted by Gasteiger charge is -2.36. The Bertz CT molecular complexity index is 518. The van der Waals surface area contributed by atoms with Gasteiger partial charge in [0.05, 0.1) is 0 Å². The highest BCUT2D eigenvalue weighted by Gasteiger charge is 2.27. The second-order valence-corrected chi connectivity index (χ2v) is 9.33. The van der Waals surface area contributed by atoms with Crippen LogP contribution < -0.4 is 5.32 Å². The molecule has 0 radical (unpaired) electrons. The standard InChI is InChI=1S/C22H43N5O2/c1-6-26(21(28)29-22(2,3)4)18-19-10-16-27(17-11-19)20(23-5)24-12-9-15-25-13-7-8-14-25/h19H,6-18H2,1-5H3,(H,23,24). The molecule has 2 aliphatic rings. The summed E-state index contributed by atoms with van der Waals surface area (Å²) in [6.45, 7) is 15.9. The monoisotopic (exact) mass is 409 g/mol. The van der Waals surface area contributed by atoms with Crippen LogP contribution >= 0.6 is 0 Å². The van der Waals surface area contributed by atoms with Crippen molar-refractivity contribution < 1.29 is 9.53 Å². The number of rotatable bonds is 7. The highest BCUT2D eigenvalue weighted by atomic mass is 16.6. The van der Waals surface area contributed by atoms with Crippen LogP contribution in [0.4, 0.5) is 4.79 Å². The van der Waals surface area contributed by atoms with E-state index in [1.165, 1.54) is 32.5 Å². The van der Waals surface area contributed by atoms with E-state index < -0.39 is 5.60 Å². The van der Waals surface area contributed by atoms with Crippen LogP contribution in [0.5, 0.6) is 0 Å². The van der Waals surface area contributed by atoms with E-state index >= 15 is 0 Å². The highest BCUT2D eigenvalue weighted by molar-refractivity contribution is 5.79. The number of piperidine rings is 1. The van der Waals surface area contributed by atoms with E-state index in [1.807, 2.05) is 39.6 Å². The zero-order valence-electron chi connectivity index (χ0n) is 19.4. The summed E-state index contributed by atoms with van der Waals surface area (Å²) >= 11 is 0.